The zero-order valence-corrected chi connectivity index (χ0v) is 14.6. The summed E-state index contributed by atoms with van der Waals surface area (Å²) in [7, 11) is -2.32. The normalized spacial score (nSPS) is 11.3. The minimum atomic E-state index is -3.84. The molecule has 0 spiro atoms. The van der Waals surface area contributed by atoms with E-state index in [0.29, 0.717) is 23.4 Å². The monoisotopic (exact) mass is 359 g/mol. The third kappa shape index (κ3) is 3.63. The van der Waals surface area contributed by atoms with Gasteiger partial charge in [0.1, 0.15) is 5.75 Å². The summed E-state index contributed by atoms with van der Waals surface area (Å²) in [5.41, 5.74) is 1.19. The van der Waals surface area contributed by atoms with Crippen LogP contribution in [0.3, 0.4) is 0 Å². The van der Waals surface area contributed by atoms with Crippen molar-refractivity contribution >= 4 is 26.9 Å². The lowest BCUT2D eigenvalue weighted by Crippen LogP contribution is -2.15. The van der Waals surface area contributed by atoms with Crippen LogP contribution in [-0.2, 0) is 10.0 Å². The van der Waals surface area contributed by atoms with Gasteiger partial charge in [0.15, 0.2) is 0 Å². The first kappa shape index (κ1) is 17.0. The predicted molar refractivity (Wildman–Crippen MR) is 94.5 cm³/mol. The summed E-state index contributed by atoms with van der Waals surface area (Å²) in [6.45, 7) is 2.13. The molecule has 3 aromatic rings. The number of nitrogens with one attached hydrogen (secondary N) is 1. The van der Waals surface area contributed by atoms with Gasteiger partial charge in [-0.1, -0.05) is 12.1 Å². The molecule has 0 saturated heterocycles. The van der Waals surface area contributed by atoms with E-state index in [1.54, 1.807) is 37.3 Å². The van der Waals surface area contributed by atoms with Crippen LogP contribution in [0.25, 0.3) is 11.0 Å². The fourth-order valence-corrected chi connectivity index (χ4v) is 3.23. The number of benzene rings is 2. The summed E-state index contributed by atoms with van der Waals surface area (Å²) < 4.78 is 38.2. The first-order valence-electron chi connectivity index (χ1n) is 7.60. The third-order valence-corrected chi connectivity index (χ3v) is 4.78. The number of ether oxygens (including phenoxy) is 2. The number of aromatic nitrogens is 2. The minimum Gasteiger partial charge on any atom is -0.497 e. The van der Waals surface area contributed by atoms with E-state index in [9.17, 15) is 8.42 Å². The molecule has 130 valence electrons. The number of hydrogen-bond donors (Lipinski definition) is 1. The predicted octanol–water partition coefficient (Wildman–Crippen LogP) is 2.84. The molecular weight excluding hydrogens is 342 g/mol. The summed E-state index contributed by atoms with van der Waals surface area (Å²) in [5, 5.41) is 0. The van der Waals surface area contributed by atoms with E-state index in [0.717, 1.165) is 0 Å². The molecule has 1 heterocycles. The quantitative estimate of drug-likeness (QED) is 0.728. The second-order valence-corrected chi connectivity index (χ2v) is 6.76. The molecule has 3 rings (SSSR count). The number of nitrogens with zero attached hydrogens (tertiary/aromatic N) is 2. The Labute approximate surface area is 145 Å². The van der Waals surface area contributed by atoms with Gasteiger partial charge in [0.25, 0.3) is 15.9 Å². The van der Waals surface area contributed by atoms with E-state index in [-0.39, 0.29) is 16.6 Å². The van der Waals surface area contributed by atoms with Gasteiger partial charge in [-0.3, -0.25) is 4.72 Å². The second kappa shape index (κ2) is 6.94. The molecule has 0 saturated carbocycles. The largest absolute Gasteiger partial charge is 0.497 e. The van der Waals surface area contributed by atoms with Gasteiger partial charge in [-0.15, -0.1) is 0 Å². The molecule has 0 aliphatic carbocycles. The summed E-state index contributed by atoms with van der Waals surface area (Å²) in [4.78, 5) is 8.76. The van der Waals surface area contributed by atoms with Crippen LogP contribution in [0.4, 0.5) is 5.82 Å². The SMILES string of the molecule is CCOc1nc2ccccc2nc1NS(=O)(=O)c1ccc(OC)cc1. The molecule has 0 unspecified atom stereocenters. The zero-order chi connectivity index (χ0) is 17.9. The number of fused-ring (bicyclic) bond motifs is 1. The van der Waals surface area contributed by atoms with Gasteiger partial charge < -0.3 is 9.47 Å². The maximum atomic E-state index is 12.6. The summed E-state index contributed by atoms with van der Waals surface area (Å²) >= 11 is 0. The Bertz CT molecular complexity index is 988. The van der Waals surface area contributed by atoms with Crippen LogP contribution in [0.15, 0.2) is 53.4 Å². The topological polar surface area (TPSA) is 90.4 Å². The second-order valence-electron chi connectivity index (χ2n) is 5.08. The molecule has 0 aliphatic rings. The highest BCUT2D eigenvalue weighted by molar-refractivity contribution is 7.92. The zero-order valence-electron chi connectivity index (χ0n) is 13.8. The molecule has 0 fully saturated rings. The fourth-order valence-electron chi connectivity index (χ4n) is 2.23. The van der Waals surface area contributed by atoms with Crippen molar-refractivity contribution in [2.45, 2.75) is 11.8 Å². The van der Waals surface area contributed by atoms with E-state index in [4.69, 9.17) is 9.47 Å². The Morgan fingerprint density at radius 2 is 1.64 bits per heavy atom. The minimum absolute atomic E-state index is 0.0522. The van der Waals surface area contributed by atoms with E-state index in [2.05, 4.69) is 14.7 Å². The molecule has 0 aliphatic heterocycles. The molecule has 0 bridgehead atoms. The Kier molecular flexibility index (Phi) is 4.71. The molecule has 1 aromatic heterocycles. The van der Waals surface area contributed by atoms with E-state index in [1.807, 2.05) is 6.07 Å². The first-order valence-corrected chi connectivity index (χ1v) is 9.08. The number of hydrogen-bond acceptors (Lipinski definition) is 6. The van der Waals surface area contributed by atoms with Crippen molar-refractivity contribution in [2.75, 3.05) is 18.4 Å². The highest BCUT2D eigenvalue weighted by atomic mass is 32.2. The highest BCUT2D eigenvalue weighted by Gasteiger charge is 2.19. The van der Waals surface area contributed by atoms with Crippen LogP contribution in [0.5, 0.6) is 11.6 Å². The lowest BCUT2D eigenvalue weighted by atomic mass is 10.3. The van der Waals surface area contributed by atoms with Crippen molar-refractivity contribution in [2.24, 2.45) is 0 Å². The molecule has 2 aromatic carbocycles. The Morgan fingerprint density at radius 3 is 2.24 bits per heavy atom. The molecule has 8 heteroatoms. The maximum Gasteiger partial charge on any atom is 0.263 e. The molecule has 0 atom stereocenters. The van der Waals surface area contributed by atoms with Gasteiger partial charge in [0.05, 0.1) is 29.6 Å². The average Bonchev–Trinajstić information content (AvgIpc) is 2.62. The Hall–Kier alpha value is -2.87. The molecule has 0 radical (unpaired) electrons. The number of para-hydroxylation sites is 2. The van der Waals surface area contributed by atoms with Crippen LogP contribution >= 0.6 is 0 Å². The van der Waals surface area contributed by atoms with Gasteiger partial charge in [-0.2, -0.15) is 0 Å². The van der Waals surface area contributed by atoms with Crippen molar-refractivity contribution in [1.29, 1.82) is 0 Å². The van der Waals surface area contributed by atoms with Gasteiger partial charge >= 0.3 is 0 Å². The number of sulfonamides is 1. The highest BCUT2D eigenvalue weighted by Crippen LogP contribution is 2.26. The van der Waals surface area contributed by atoms with E-state index >= 15 is 0 Å². The average molecular weight is 359 g/mol. The van der Waals surface area contributed by atoms with Crippen molar-refractivity contribution in [3.8, 4) is 11.6 Å². The van der Waals surface area contributed by atoms with E-state index in [1.165, 1.54) is 19.2 Å². The lowest BCUT2D eigenvalue weighted by molar-refractivity contribution is 0.329. The van der Waals surface area contributed by atoms with Gasteiger partial charge in [-0.05, 0) is 43.3 Å². The van der Waals surface area contributed by atoms with Gasteiger partial charge in [0, 0.05) is 0 Å². The van der Waals surface area contributed by atoms with Crippen molar-refractivity contribution in [1.82, 2.24) is 9.97 Å². The number of anilines is 1. The maximum absolute atomic E-state index is 12.6. The summed E-state index contributed by atoms with van der Waals surface area (Å²) in [5.74, 6) is 0.758. The van der Waals surface area contributed by atoms with Crippen LogP contribution < -0.4 is 14.2 Å². The van der Waals surface area contributed by atoms with Crippen LogP contribution in [0.1, 0.15) is 6.92 Å². The molecular formula is C17H17N3O4S. The van der Waals surface area contributed by atoms with Gasteiger partial charge in [-0.25, -0.2) is 18.4 Å². The molecule has 1 N–H and O–H groups in total. The van der Waals surface area contributed by atoms with Crippen molar-refractivity contribution in [3.63, 3.8) is 0 Å². The van der Waals surface area contributed by atoms with Gasteiger partial charge in [0.2, 0.25) is 5.82 Å². The number of methoxy groups -OCH3 is 1. The smallest absolute Gasteiger partial charge is 0.263 e. The standard InChI is InChI=1S/C17H17N3O4S/c1-3-24-17-16(18-14-6-4-5-7-15(14)19-17)20-25(21,22)13-10-8-12(23-2)9-11-13/h4-11H,3H2,1-2H3,(H,18,20). The molecule has 7 nitrogen and oxygen atoms in total. The summed E-state index contributed by atoms with van der Waals surface area (Å²) in [6.07, 6.45) is 0. The van der Waals surface area contributed by atoms with Crippen molar-refractivity contribution in [3.05, 3.63) is 48.5 Å². The summed E-state index contributed by atoms with van der Waals surface area (Å²) in [6, 6.07) is 13.2. The Morgan fingerprint density at radius 1 is 1.00 bits per heavy atom. The van der Waals surface area contributed by atoms with Crippen molar-refractivity contribution < 1.29 is 17.9 Å². The van der Waals surface area contributed by atoms with E-state index < -0.39 is 10.0 Å². The first-order chi connectivity index (χ1) is 12.0. The van der Waals surface area contributed by atoms with Crippen LogP contribution in [-0.4, -0.2) is 32.1 Å². The number of rotatable bonds is 6. The fraction of sp³-hybridized carbons (Fsp3) is 0.176. The molecule has 25 heavy (non-hydrogen) atoms. The lowest BCUT2D eigenvalue weighted by Gasteiger charge is -2.12. The van der Waals surface area contributed by atoms with Crippen LogP contribution in [0.2, 0.25) is 0 Å². The molecule has 0 amide bonds. The third-order valence-electron chi connectivity index (χ3n) is 3.42. The Balaban J connectivity index is 2.01. The van der Waals surface area contributed by atoms with Crippen LogP contribution in [0, 0.1) is 0 Å².